The summed E-state index contributed by atoms with van der Waals surface area (Å²) in [6, 6.07) is 13.4. The van der Waals surface area contributed by atoms with E-state index in [-0.39, 0.29) is 5.78 Å². The van der Waals surface area contributed by atoms with Crippen LogP contribution in [0.1, 0.15) is 12.5 Å². The average Bonchev–Trinajstić information content (AvgIpc) is 2.91. The van der Waals surface area contributed by atoms with Crippen molar-refractivity contribution in [1.29, 1.82) is 0 Å². The van der Waals surface area contributed by atoms with E-state index >= 15 is 0 Å². The molecule has 2 aromatic rings. The SMILES string of the molecule is COc1cccc(CN2/C(=C/C(C)=O)Oc3ccc(OC)cc32)c1. The normalized spacial score (nSPS) is 14.3. The predicted octanol–water partition coefficient (Wildman–Crippen LogP) is 3.53. The fourth-order valence-corrected chi connectivity index (χ4v) is 2.61. The zero-order valence-corrected chi connectivity index (χ0v) is 13.9. The molecule has 0 saturated heterocycles. The van der Waals surface area contributed by atoms with Crippen molar-refractivity contribution < 1.29 is 19.0 Å². The number of fused-ring (bicyclic) bond motifs is 1. The third-order valence-electron chi connectivity index (χ3n) is 3.74. The lowest BCUT2D eigenvalue weighted by atomic mass is 10.2. The maximum atomic E-state index is 11.5. The van der Waals surface area contributed by atoms with Gasteiger partial charge in [0, 0.05) is 12.1 Å². The van der Waals surface area contributed by atoms with Gasteiger partial charge in [-0.3, -0.25) is 4.79 Å². The highest BCUT2D eigenvalue weighted by molar-refractivity contribution is 5.89. The van der Waals surface area contributed by atoms with E-state index in [0.29, 0.717) is 18.2 Å². The molecule has 2 aromatic carbocycles. The maximum absolute atomic E-state index is 11.5. The van der Waals surface area contributed by atoms with Crippen LogP contribution in [0.15, 0.2) is 54.4 Å². The molecule has 0 radical (unpaired) electrons. The smallest absolute Gasteiger partial charge is 0.204 e. The number of hydrogen-bond donors (Lipinski definition) is 0. The number of ketones is 1. The average molecular weight is 325 g/mol. The molecule has 0 N–H and O–H groups in total. The van der Waals surface area contributed by atoms with E-state index in [1.165, 1.54) is 13.0 Å². The van der Waals surface area contributed by atoms with E-state index in [1.54, 1.807) is 14.2 Å². The Morgan fingerprint density at radius 2 is 1.88 bits per heavy atom. The molecule has 5 nitrogen and oxygen atoms in total. The summed E-state index contributed by atoms with van der Waals surface area (Å²) in [6.07, 6.45) is 1.49. The number of carbonyl (C=O) groups excluding carboxylic acids is 1. The van der Waals surface area contributed by atoms with Gasteiger partial charge < -0.3 is 19.1 Å². The van der Waals surface area contributed by atoms with Gasteiger partial charge in [0.2, 0.25) is 5.88 Å². The summed E-state index contributed by atoms with van der Waals surface area (Å²) in [7, 11) is 3.26. The van der Waals surface area contributed by atoms with Gasteiger partial charge in [-0.1, -0.05) is 12.1 Å². The summed E-state index contributed by atoms with van der Waals surface area (Å²) in [5.74, 6) is 2.66. The third-order valence-corrected chi connectivity index (χ3v) is 3.74. The highest BCUT2D eigenvalue weighted by Crippen LogP contribution is 2.42. The van der Waals surface area contributed by atoms with Crippen molar-refractivity contribution in [3.05, 3.63) is 60.0 Å². The van der Waals surface area contributed by atoms with Crippen molar-refractivity contribution in [1.82, 2.24) is 0 Å². The Morgan fingerprint density at radius 1 is 1.12 bits per heavy atom. The van der Waals surface area contributed by atoms with Gasteiger partial charge in [0.15, 0.2) is 11.5 Å². The van der Waals surface area contributed by atoms with Gasteiger partial charge in [0.05, 0.1) is 26.5 Å². The van der Waals surface area contributed by atoms with Crippen molar-refractivity contribution >= 4 is 11.5 Å². The molecule has 1 heterocycles. The van der Waals surface area contributed by atoms with Crippen LogP contribution in [0.5, 0.6) is 17.2 Å². The van der Waals surface area contributed by atoms with Crippen LogP contribution < -0.4 is 19.1 Å². The van der Waals surface area contributed by atoms with Crippen LogP contribution in [0, 0.1) is 0 Å². The second kappa shape index (κ2) is 6.66. The largest absolute Gasteiger partial charge is 0.497 e. The number of anilines is 1. The van der Waals surface area contributed by atoms with E-state index in [1.807, 2.05) is 47.4 Å². The zero-order valence-electron chi connectivity index (χ0n) is 13.9. The summed E-state index contributed by atoms with van der Waals surface area (Å²) in [5.41, 5.74) is 1.91. The number of rotatable bonds is 5. The minimum Gasteiger partial charge on any atom is -0.497 e. The molecule has 0 bridgehead atoms. The van der Waals surface area contributed by atoms with Crippen molar-refractivity contribution in [2.45, 2.75) is 13.5 Å². The van der Waals surface area contributed by atoms with Crippen LogP contribution in [0.4, 0.5) is 5.69 Å². The molecular weight excluding hydrogens is 306 g/mol. The fourth-order valence-electron chi connectivity index (χ4n) is 2.61. The monoisotopic (exact) mass is 325 g/mol. The van der Waals surface area contributed by atoms with Gasteiger partial charge in [-0.05, 0) is 36.8 Å². The lowest BCUT2D eigenvalue weighted by molar-refractivity contribution is -0.112. The van der Waals surface area contributed by atoms with Crippen LogP contribution in [-0.4, -0.2) is 20.0 Å². The first-order chi connectivity index (χ1) is 11.6. The summed E-state index contributed by atoms with van der Waals surface area (Å²) in [5, 5.41) is 0. The first-order valence-corrected chi connectivity index (χ1v) is 7.59. The number of benzene rings is 2. The molecule has 0 atom stereocenters. The number of methoxy groups -OCH3 is 2. The number of ether oxygens (including phenoxy) is 3. The topological polar surface area (TPSA) is 48.0 Å². The second-order valence-electron chi connectivity index (χ2n) is 5.47. The number of allylic oxidation sites excluding steroid dienone is 1. The van der Waals surface area contributed by atoms with Gasteiger partial charge >= 0.3 is 0 Å². The van der Waals surface area contributed by atoms with Gasteiger partial charge in [0.1, 0.15) is 11.5 Å². The van der Waals surface area contributed by atoms with Crippen LogP contribution in [0.3, 0.4) is 0 Å². The molecule has 0 aromatic heterocycles. The predicted molar refractivity (Wildman–Crippen MR) is 91.6 cm³/mol. The van der Waals surface area contributed by atoms with Crippen molar-refractivity contribution in [3.8, 4) is 17.2 Å². The summed E-state index contributed by atoms with van der Waals surface area (Å²) >= 11 is 0. The maximum Gasteiger partial charge on any atom is 0.204 e. The quantitative estimate of drug-likeness (QED) is 0.787. The Bertz CT molecular complexity index is 798. The molecular formula is C19H19NO4. The number of nitrogens with zero attached hydrogens (tertiary/aromatic N) is 1. The highest BCUT2D eigenvalue weighted by atomic mass is 16.5. The number of hydrogen-bond acceptors (Lipinski definition) is 5. The van der Waals surface area contributed by atoms with Crippen molar-refractivity contribution in [3.63, 3.8) is 0 Å². The summed E-state index contributed by atoms with van der Waals surface area (Å²) < 4.78 is 16.4. The molecule has 0 aliphatic carbocycles. The molecule has 5 heteroatoms. The Hall–Kier alpha value is -2.95. The molecule has 0 unspecified atom stereocenters. The molecule has 0 fully saturated rings. The first kappa shape index (κ1) is 15.9. The lowest BCUT2D eigenvalue weighted by Gasteiger charge is -2.19. The van der Waals surface area contributed by atoms with Gasteiger partial charge in [0.25, 0.3) is 0 Å². The molecule has 24 heavy (non-hydrogen) atoms. The van der Waals surface area contributed by atoms with Crippen LogP contribution in [0.25, 0.3) is 0 Å². The lowest BCUT2D eigenvalue weighted by Crippen LogP contribution is -2.20. The van der Waals surface area contributed by atoms with Crippen LogP contribution >= 0.6 is 0 Å². The van der Waals surface area contributed by atoms with Gasteiger partial charge in [-0.15, -0.1) is 0 Å². The molecule has 0 spiro atoms. The van der Waals surface area contributed by atoms with E-state index in [4.69, 9.17) is 14.2 Å². The minimum absolute atomic E-state index is 0.0691. The molecule has 0 saturated carbocycles. The highest BCUT2D eigenvalue weighted by Gasteiger charge is 2.27. The van der Waals surface area contributed by atoms with Crippen molar-refractivity contribution in [2.75, 3.05) is 19.1 Å². The van der Waals surface area contributed by atoms with Gasteiger partial charge in [-0.2, -0.15) is 0 Å². The molecule has 1 aliphatic rings. The van der Waals surface area contributed by atoms with Crippen molar-refractivity contribution in [2.24, 2.45) is 0 Å². The van der Waals surface area contributed by atoms with E-state index in [0.717, 1.165) is 22.7 Å². The molecule has 0 amide bonds. The zero-order chi connectivity index (χ0) is 17.1. The minimum atomic E-state index is -0.0691. The summed E-state index contributed by atoms with van der Waals surface area (Å²) in [4.78, 5) is 13.5. The third kappa shape index (κ3) is 3.20. The molecule has 1 aliphatic heterocycles. The Labute approximate surface area is 141 Å². The molecule has 3 rings (SSSR count). The molecule has 124 valence electrons. The first-order valence-electron chi connectivity index (χ1n) is 7.59. The Kier molecular flexibility index (Phi) is 4.42. The van der Waals surface area contributed by atoms with E-state index in [9.17, 15) is 4.79 Å². The van der Waals surface area contributed by atoms with Crippen LogP contribution in [0.2, 0.25) is 0 Å². The fraction of sp³-hybridized carbons (Fsp3) is 0.211. The second-order valence-corrected chi connectivity index (χ2v) is 5.47. The van der Waals surface area contributed by atoms with Crippen LogP contribution in [-0.2, 0) is 11.3 Å². The van der Waals surface area contributed by atoms with E-state index in [2.05, 4.69) is 0 Å². The summed E-state index contributed by atoms with van der Waals surface area (Å²) in [6.45, 7) is 2.06. The van der Waals surface area contributed by atoms with Gasteiger partial charge in [-0.25, -0.2) is 0 Å². The Morgan fingerprint density at radius 3 is 2.58 bits per heavy atom. The Balaban J connectivity index is 1.99. The number of carbonyl (C=O) groups is 1. The standard InChI is InChI=1S/C19H19NO4/c1-13(21)9-19-20(12-14-5-4-6-15(10-14)22-2)17-11-16(23-3)7-8-18(17)24-19/h4-11H,12H2,1-3H3/b19-9-. The van der Waals surface area contributed by atoms with E-state index < -0.39 is 0 Å².